The van der Waals surface area contributed by atoms with Gasteiger partial charge in [-0.1, -0.05) is 32.4 Å². The summed E-state index contributed by atoms with van der Waals surface area (Å²) in [6, 6.07) is 0. The molecule has 15 heavy (non-hydrogen) atoms. The Balaban J connectivity index is 2.14. The number of rotatable bonds is 1. The molecule has 86 valence electrons. The second-order valence-corrected chi connectivity index (χ2v) is 6.25. The van der Waals surface area contributed by atoms with Gasteiger partial charge < -0.3 is 0 Å². The fourth-order valence-corrected chi connectivity index (χ4v) is 4.10. The molecule has 0 aromatic heterocycles. The minimum Gasteiger partial charge on any atom is -0.0999 e. The maximum absolute atomic E-state index is 4.22. The monoisotopic (exact) mass is 206 g/mol. The first-order chi connectivity index (χ1) is 7.09. The third-order valence-corrected chi connectivity index (χ3v) is 5.03. The maximum atomic E-state index is 4.22. The summed E-state index contributed by atoms with van der Waals surface area (Å²) in [7, 11) is 0. The largest absolute Gasteiger partial charge is 0.0999 e. The molecular weight excluding hydrogens is 180 g/mol. The molecule has 0 nitrogen and oxygen atoms in total. The molecule has 0 amide bonds. The highest BCUT2D eigenvalue weighted by molar-refractivity contribution is 5.04. The summed E-state index contributed by atoms with van der Waals surface area (Å²) >= 11 is 0. The molecule has 5 atom stereocenters. The van der Waals surface area contributed by atoms with E-state index in [0.29, 0.717) is 0 Å². The Labute approximate surface area is 95.1 Å². The van der Waals surface area contributed by atoms with E-state index in [2.05, 4.69) is 27.4 Å². The Morgan fingerprint density at radius 3 is 2.40 bits per heavy atom. The molecule has 0 N–H and O–H groups in total. The van der Waals surface area contributed by atoms with Crippen LogP contribution in [0.1, 0.15) is 52.9 Å². The quantitative estimate of drug-likeness (QED) is 0.547. The van der Waals surface area contributed by atoms with E-state index < -0.39 is 0 Å². The maximum Gasteiger partial charge on any atom is -0.0177 e. The minimum absolute atomic E-state index is 0.842. The summed E-state index contributed by atoms with van der Waals surface area (Å²) < 4.78 is 0. The van der Waals surface area contributed by atoms with E-state index in [4.69, 9.17) is 0 Å². The molecule has 2 rings (SSSR count). The first-order valence-electron chi connectivity index (χ1n) is 6.75. The van der Waals surface area contributed by atoms with E-state index in [-0.39, 0.29) is 0 Å². The molecule has 0 radical (unpaired) electrons. The smallest absolute Gasteiger partial charge is 0.0177 e. The lowest BCUT2D eigenvalue weighted by atomic mass is 9.58. The third-order valence-electron chi connectivity index (χ3n) is 5.03. The van der Waals surface area contributed by atoms with E-state index >= 15 is 0 Å². The van der Waals surface area contributed by atoms with Gasteiger partial charge in [0.25, 0.3) is 0 Å². The highest BCUT2D eigenvalue weighted by atomic mass is 14.4. The molecule has 0 saturated heterocycles. The van der Waals surface area contributed by atoms with Crippen LogP contribution in [0.4, 0.5) is 0 Å². The van der Waals surface area contributed by atoms with Gasteiger partial charge in [-0.2, -0.15) is 0 Å². The molecule has 2 aliphatic rings. The lowest BCUT2D eigenvalue weighted by molar-refractivity contribution is 0.0536. The molecule has 0 bridgehead atoms. The Morgan fingerprint density at radius 1 is 1.00 bits per heavy atom. The fraction of sp³-hybridized carbons (Fsp3) is 0.867. The van der Waals surface area contributed by atoms with Crippen molar-refractivity contribution < 1.29 is 0 Å². The van der Waals surface area contributed by atoms with Crippen molar-refractivity contribution in [1.82, 2.24) is 0 Å². The Morgan fingerprint density at radius 2 is 1.73 bits per heavy atom. The second-order valence-electron chi connectivity index (χ2n) is 6.25. The molecular formula is C15H26. The minimum atomic E-state index is 0.842. The zero-order valence-electron chi connectivity index (χ0n) is 10.6. The Hall–Kier alpha value is -0.260. The SMILES string of the molecule is C=C(C)C1CCC(C)C2CCC(C)CC12. The van der Waals surface area contributed by atoms with Crippen LogP contribution in [0.25, 0.3) is 0 Å². The predicted molar refractivity (Wildman–Crippen MR) is 66.7 cm³/mol. The van der Waals surface area contributed by atoms with Crippen molar-refractivity contribution in [2.75, 3.05) is 0 Å². The summed E-state index contributed by atoms with van der Waals surface area (Å²) in [4.78, 5) is 0. The highest BCUT2D eigenvalue weighted by Gasteiger charge is 2.40. The molecule has 2 saturated carbocycles. The number of hydrogen-bond donors (Lipinski definition) is 0. The summed E-state index contributed by atoms with van der Waals surface area (Å²) in [6.07, 6.45) is 7.26. The van der Waals surface area contributed by atoms with Gasteiger partial charge in [-0.15, -0.1) is 0 Å². The third kappa shape index (κ3) is 2.14. The van der Waals surface area contributed by atoms with Crippen LogP contribution in [-0.2, 0) is 0 Å². The van der Waals surface area contributed by atoms with Crippen LogP contribution in [0.3, 0.4) is 0 Å². The molecule has 0 heteroatoms. The van der Waals surface area contributed by atoms with E-state index in [1.165, 1.54) is 37.7 Å². The van der Waals surface area contributed by atoms with Gasteiger partial charge in [-0.05, 0) is 62.2 Å². The summed E-state index contributed by atoms with van der Waals surface area (Å²) in [5, 5.41) is 0. The Kier molecular flexibility index (Phi) is 3.23. The van der Waals surface area contributed by atoms with E-state index in [1.54, 1.807) is 0 Å². The van der Waals surface area contributed by atoms with Crippen LogP contribution >= 0.6 is 0 Å². The first kappa shape index (κ1) is 11.2. The van der Waals surface area contributed by atoms with Crippen molar-refractivity contribution in [2.45, 2.75) is 52.9 Å². The van der Waals surface area contributed by atoms with Crippen molar-refractivity contribution in [1.29, 1.82) is 0 Å². The van der Waals surface area contributed by atoms with Gasteiger partial charge in [-0.25, -0.2) is 0 Å². The normalized spacial score (nSPS) is 45.9. The van der Waals surface area contributed by atoms with Crippen molar-refractivity contribution >= 4 is 0 Å². The first-order valence-corrected chi connectivity index (χ1v) is 6.75. The van der Waals surface area contributed by atoms with E-state index in [1.807, 2.05) is 0 Å². The van der Waals surface area contributed by atoms with Gasteiger partial charge in [0.15, 0.2) is 0 Å². The van der Waals surface area contributed by atoms with Gasteiger partial charge in [-0.3, -0.25) is 0 Å². The number of allylic oxidation sites excluding steroid dienone is 1. The summed E-state index contributed by atoms with van der Waals surface area (Å²) in [5.74, 6) is 4.75. The van der Waals surface area contributed by atoms with E-state index in [9.17, 15) is 0 Å². The lowest BCUT2D eigenvalue weighted by Gasteiger charge is -2.47. The van der Waals surface area contributed by atoms with Crippen LogP contribution in [0.2, 0.25) is 0 Å². The average molecular weight is 206 g/mol. The van der Waals surface area contributed by atoms with Crippen LogP contribution in [0.15, 0.2) is 12.2 Å². The van der Waals surface area contributed by atoms with Gasteiger partial charge in [0.1, 0.15) is 0 Å². The van der Waals surface area contributed by atoms with Crippen LogP contribution in [-0.4, -0.2) is 0 Å². The predicted octanol–water partition coefficient (Wildman–Crippen LogP) is 4.66. The Bertz CT molecular complexity index is 240. The topological polar surface area (TPSA) is 0 Å². The molecule has 0 aromatic rings. The van der Waals surface area contributed by atoms with Gasteiger partial charge in [0, 0.05) is 0 Å². The fourth-order valence-electron chi connectivity index (χ4n) is 4.10. The van der Waals surface area contributed by atoms with Crippen molar-refractivity contribution in [3.8, 4) is 0 Å². The molecule has 0 aliphatic heterocycles. The van der Waals surface area contributed by atoms with Crippen LogP contribution in [0, 0.1) is 29.6 Å². The number of fused-ring (bicyclic) bond motifs is 1. The second kappa shape index (κ2) is 4.31. The highest BCUT2D eigenvalue weighted by Crippen LogP contribution is 2.49. The molecule has 2 fully saturated rings. The van der Waals surface area contributed by atoms with Crippen LogP contribution < -0.4 is 0 Å². The lowest BCUT2D eigenvalue weighted by Crippen LogP contribution is -2.38. The van der Waals surface area contributed by atoms with Crippen molar-refractivity contribution in [3.05, 3.63) is 12.2 Å². The number of hydrogen-bond acceptors (Lipinski definition) is 0. The summed E-state index contributed by atoms with van der Waals surface area (Å²) in [6.45, 7) is 11.4. The van der Waals surface area contributed by atoms with Crippen molar-refractivity contribution in [3.63, 3.8) is 0 Å². The molecule has 2 aliphatic carbocycles. The van der Waals surface area contributed by atoms with Gasteiger partial charge in [0.05, 0.1) is 0 Å². The van der Waals surface area contributed by atoms with E-state index in [0.717, 1.165) is 29.6 Å². The van der Waals surface area contributed by atoms with Crippen LogP contribution in [0.5, 0.6) is 0 Å². The molecule has 0 heterocycles. The molecule has 0 aromatic carbocycles. The average Bonchev–Trinajstić information content (AvgIpc) is 2.17. The standard InChI is InChI=1S/C15H26/c1-10(2)13-8-6-12(4)14-7-5-11(3)9-15(13)14/h11-15H,1,5-9H2,2-4H3. The zero-order valence-corrected chi connectivity index (χ0v) is 10.6. The van der Waals surface area contributed by atoms with Gasteiger partial charge in [0.2, 0.25) is 0 Å². The van der Waals surface area contributed by atoms with Crippen molar-refractivity contribution in [2.24, 2.45) is 29.6 Å². The molecule has 0 spiro atoms. The zero-order chi connectivity index (χ0) is 11.0. The van der Waals surface area contributed by atoms with Gasteiger partial charge >= 0.3 is 0 Å². The molecule has 5 unspecified atom stereocenters. The summed E-state index contributed by atoms with van der Waals surface area (Å²) in [5.41, 5.74) is 1.45.